The Bertz CT molecular complexity index is 461. The Kier molecular flexibility index (Phi) is 3.94. The van der Waals surface area contributed by atoms with Gasteiger partial charge in [0.1, 0.15) is 5.69 Å². The van der Waals surface area contributed by atoms with E-state index in [9.17, 15) is 20.2 Å². The highest BCUT2D eigenvalue weighted by molar-refractivity contribution is 5.67. The van der Waals surface area contributed by atoms with Crippen molar-refractivity contribution in [1.82, 2.24) is 5.32 Å². The van der Waals surface area contributed by atoms with Gasteiger partial charge < -0.3 is 10.6 Å². The monoisotopic (exact) mass is 240 g/mol. The van der Waals surface area contributed by atoms with Gasteiger partial charge in [0.05, 0.1) is 22.6 Å². The third-order valence-corrected chi connectivity index (χ3v) is 2.16. The van der Waals surface area contributed by atoms with Crippen LogP contribution in [0.2, 0.25) is 0 Å². The van der Waals surface area contributed by atoms with Crippen LogP contribution in [-0.4, -0.2) is 23.6 Å². The number of nitrogens with one attached hydrogen (secondary N) is 2. The number of benzene rings is 1. The second-order valence-corrected chi connectivity index (χ2v) is 3.38. The zero-order chi connectivity index (χ0) is 13.0. The van der Waals surface area contributed by atoms with Crippen LogP contribution in [0.3, 0.4) is 0 Å². The standard InChI is InChI=1S/C9H12N4O4/c1-6-3-7(11-5-10-2)9(13(16)17)4-8(6)12(14)15/h3-4,10-11H,5H2,1-2H3. The van der Waals surface area contributed by atoms with Crippen LogP contribution in [0.4, 0.5) is 17.1 Å². The fourth-order valence-corrected chi connectivity index (χ4v) is 1.36. The number of nitrogens with zero attached hydrogens (tertiary/aromatic N) is 2. The van der Waals surface area contributed by atoms with E-state index in [2.05, 4.69) is 10.6 Å². The van der Waals surface area contributed by atoms with E-state index in [-0.39, 0.29) is 17.1 Å². The Morgan fingerprint density at radius 2 is 1.76 bits per heavy atom. The van der Waals surface area contributed by atoms with Gasteiger partial charge in [0, 0.05) is 5.56 Å². The molecule has 0 unspecified atom stereocenters. The summed E-state index contributed by atoms with van der Waals surface area (Å²) in [5.41, 5.74) is 0.0657. The predicted octanol–water partition coefficient (Wildman–Crippen LogP) is 1.40. The van der Waals surface area contributed by atoms with E-state index in [1.54, 1.807) is 7.05 Å². The minimum absolute atomic E-state index is 0.257. The van der Waals surface area contributed by atoms with Gasteiger partial charge in [-0.2, -0.15) is 0 Å². The van der Waals surface area contributed by atoms with Crippen molar-refractivity contribution in [2.45, 2.75) is 6.92 Å². The average Bonchev–Trinajstić information content (AvgIpc) is 2.25. The first-order valence-electron chi connectivity index (χ1n) is 4.79. The van der Waals surface area contributed by atoms with Crippen molar-refractivity contribution in [1.29, 1.82) is 0 Å². The first kappa shape index (κ1) is 12.8. The van der Waals surface area contributed by atoms with Gasteiger partial charge in [-0.05, 0) is 20.0 Å². The van der Waals surface area contributed by atoms with Crippen LogP contribution < -0.4 is 10.6 Å². The first-order valence-corrected chi connectivity index (χ1v) is 4.79. The zero-order valence-corrected chi connectivity index (χ0v) is 9.39. The number of hydrogen-bond donors (Lipinski definition) is 2. The topological polar surface area (TPSA) is 110 Å². The summed E-state index contributed by atoms with van der Waals surface area (Å²) < 4.78 is 0. The normalized spacial score (nSPS) is 10.0. The van der Waals surface area contributed by atoms with E-state index in [4.69, 9.17) is 0 Å². The van der Waals surface area contributed by atoms with Crippen LogP contribution in [0.15, 0.2) is 12.1 Å². The smallest absolute Gasteiger partial charge is 0.299 e. The van der Waals surface area contributed by atoms with Gasteiger partial charge in [0.15, 0.2) is 0 Å². The summed E-state index contributed by atoms with van der Waals surface area (Å²) in [6.07, 6.45) is 0. The predicted molar refractivity (Wildman–Crippen MR) is 62.0 cm³/mol. The highest BCUT2D eigenvalue weighted by Gasteiger charge is 2.22. The van der Waals surface area contributed by atoms with E-state index >= 15 is 0 Å². The molecule has 8 heteroatoms. The van der Waals surface area contributed by atoms with Crippen molar-refractivity contribution in [3.05, 3.63) is 37.9 Å². The number of hydrogen-bond acceptors (Lipinski definition) is 6. The molecule has 92 valence electrons. The van der Waals surface area contributed by atoms with Crippen molar-refractivity contribution in [3.63, 3.8) is 0 Å². The van der Waals surface area contributed by atoms with E-state index < -0.39 is 9.85 Å². The van der Waals surface area contributed by atoms with Gasteiger partial charge in [0.2, 0.25) is 0 Å². The van der Waals surface area contributed by atoms with Crippen molar-refractivity contribution in [3.8, 4) is 0 Å². The Morgan fingerprint density at radius 3 is 2.24 bits per heavy atom. The van der Waals surface area contributed by atoms with Crippen molar-refractivity contribution >= 4 is 17.1 Å². The van der Waals surface area contributed by atoms with E-state index in [0.717, 1.165) is 6.07 Å². The third kappa shape index (κ3) is 2.88. The van der Waals surface area contributed by atoms with Crippen LogP contribution >= 0.6 is 0 Å². The van der Waals surface area contributed by atoms with Gasteiger partial charge in [-0.15, -0.1) is 0 Å². The summed E-state index contributed by atoms with van der Waals surface area (Å²) in [4.78, 5) is 20.2. The maximum absolute atomic E-state index is 10.8. The Morgan fingerprint density at radius 1 is 1.18 bits per heavy atom. The Hall–Kier alpha value is -2.22. The summed E-state index contributed by atoms with van der Waals surface area (Å²) in [6.45, 7) is 1.87. The quantitative estimate of drug-likeness (QED) is 0.457. The molecule has 0 fully saturated rings. The highest BCUT2D eigenvalue weighted by atomic mass is 16.6. The lowest BCUT2D eigenvalue weighted by Gasteiger charge is -2.07. The minimum Gasteiger partial charge on any atom is -0.367 e. The molecule has 0 heterocycles. The molecule has 8 nitrogen and oxygen atoms in total. The molecular weight excluding hydrogens is 228 g/mol. The zero-order valence-electron chi connectivity index (χ0n) is 9.39. The van der Waals surface area contributed by atoms with E-state index in [1.165, 1.54) is 13.0 Å². The molecule has 17 heavy (non-hydrogen) atoms. The highest BCUT2D eigenvalue weighted by Crippen LogP contribution is 2.31. The summed E-state index contributed by atoms with van der Waals surface area (Å²) in [7, 11) is 1.68. The van der Waals surface area contributed by atoms with Crippen molar-refractivity contribution < 1.29 is 9.85 Å². The van der Waals surface area contributed by atoms with Gasteiger partial charge in [-0.25, -0.2) is 0 Å². The van der Waals surface area contributed by atoms with Gasteiger partial charge in [0.25, 0.3) is 11.4 Å². The molecule has 1 aromatic rings. The molecule has 1 rings (SSSR count). The SMILES string of the molecule is CNCNc1cc(C)c([N+](=O)[O-])cc1[N+](=O)[O-]. The summed E-state index contributed by atoms with van der Waals surface area (Å²) >= 11 is 0. The summed E-state index contributed by atoms with van der Waals surface area (Å²) in [5, 5.41) is 27.0. The lowest BCUT2D eigenvalue weighted by molar-refractivity contribution is -0.394. The van der Waals surface area contributed by atoms with Gasteiger partial charge in [-0.3, -0.25) is 20.2 Å². The lowest BCUT2D eigenvalue weighted by atomic mass is 10.1. The van der Waals surface area contributed by atoms with Crippen LogP contribution in [-0.2, 0) is 0 Å². The number of rotatable bonds is 5. The molecule has 0 bridgehead atoms. The maximum Gasteiger partial charge on any atom is 0.299 e. The molecule has 0 saturated carbocycles. The number of nitro benzene ring substituents is 2. The second-order valence-electron chi connectivity index (χ2n) is 3.38. The van der Waals surface area contributed by atoms with Gasteiger partial charge in [-0.1, -0.05) is 0 Å². The van der Waals surface area contributed by atoms with Crippen LogP contribution in [0, 0.1) is 27.2 Å². The van der Waals surface area contributed by atoms with Crippen LogP contribution in [0.25, 0.3) is 0 Å². The largest absolute Gasteiger partial charge is 0.367 e. The number of nitro groups is 2. The molecule has 0 aliphatic rings. The molecule has 0 atom stereocenters. The van der Waals surface area contributed by atoms with Crippen molar-refractivity contribution in [2.75, 3.05) is 19.0 Å². The maximum atomic E-state index is 10.8. The van der Waals surface area contributed by atoms with E-state index in [0.29, 0.717) is 12.2 Å². The van der Waals surface area contributed by atoms with E-state index in [1.807, 2.05) is 0 Å². The summed E-state index contributed by atoms with van der Waals surface area (Å²) in [6, 6.07) is 2.36. The molecule has 0 saturated heterocycles. The fourth-order valence-electron chi connectivity index (χ4n) is 1.36. The first-order chi connectivity index (χ1) is 7.97. The van der Waals surface area contributed by atoms with Crippen molar-refractivity contribution in [2.24, 2.45) is 0 Å². The Balaban J connectivity index is 3.25. The molecule has 1 aromatic carbocycles. The molecule has 0 amide bonds. The Labute approximate surface area is 96.9 Å². The lowest BCUT2D eigenvalue weighted by Crippen LogP contribution is -2.17. The molecule has 0 spiro atoms. The minimum atomic E-state index is -0.648. The number of anilines is 1. The summed E-state index contributed by atoms with van der Waals surface area (Å²) in [5.74, 6) is 0. The second kappa shape index (κ2) is 5.21. The molecule has 2 N–H and O–H groups in total. The van der Waals surface area contributed by atoms with Crippen LogP contribution in [0.5, 0.6) is 0 Å². The number of aryl methyl sites for hydroxylation is 1. The van der Waals surface area contributed by atoms with Crippen LogP contribution in [0.1, 0.15) is 5.56 Å². The van der Waals surface area contributed by atoms with Gasteiger partial charge >= 0.3 is 0 Å². The molecule has 0 radical (unpaired) electrons. The molecule has 0 aliphatic carbocycles. The molecule has 0 aliphatic heterocycles. The third-order valence-electron chi connectivity index (χ3n) is 2.16. The average molecular weight is 240 g/mol. The molecule has 0 aromatic heterocycles. The molecular formula is C9H12N4O4. The fraction of sp³-hybridized carbons (Fsp3) is 0.333.